The first-order chi connectivity index (χ1) is 11.8. The molecule has 7 heteroatoms. The van der Waals surface area contributed by atoms with Gasteiger partial charge in [-0.3, -0.25) is 9.48 Å². The average Bonchev–Trinajstić information content (AvgIpc) is 3.13. The van der Waals surface area contributed by atoms with Crippen molar-refractivity contribution in [3.8, 4) is 0 Å². The third kappa shape index (κ3) is 4.53. The van der Waals surface area contributed by atoms with Crippen LogP contribution >= 0.6 is 0 Å². The number of nitrogens with zero attached hydrogens (tertiary/aromatic N) is 5. The van der Waals surface area contributed by atoms with E-state index in [1.807, 2.05) is 21.8 Å². The summed E-state index contributed by atoms with van der Waals surface area (Å²) in [5, 5.41) is 7.41. The molecule has 128 valence electrons. The van der Waals surface area contributed by atoms with E-state index in [1.54, 1.807) is 24.7 Å². The predicted molar refractivity (Wildman–Crippen MR) is 91.3 cm³/mol. The molecular formula is C17H24N6O. The Labute approximate surface area is 142 Å². The normalized spacial score (nSPS) is 17.7. The van der Waals surface area contributed by atoms with Gasteiger partial charge in [0.25, 0.3) is 0 Å². The van der Waals surface area contributed by atoms with Crippen molar-refractivity contribution in [2.45, 2.75) is 44.7 Å². The lowest BCUT2D eigenvalue weighted by Crippen LogP contribution is -2.45. The molecule has 0 radical (unpaired) electrons. The van der Waals surface area contributed by atoms with Crippen molar-refractivity contribution in [3.63, 3.8) is 0 Å². The highest BCUT2D eigenvalue weighted by Gasteiger charge is 2.26. The van der Waals surface area contributed by atoms with E-state index in [1.165, 1.54) is 6.42 Å². The van der Waals surface area contributed by atoms with Crippen LogP contribution in [0.4, 0.5) is 5.95 Å². The molecule has 0 aromatic carbocycles. The largest absolute Gasteiger partial charge is 0.354 e. The monoisotopic (exact) mass is 328 g/mol. The number of piperidine rings is 1. The third-order valence-corrected chi connectivity index (χ3v) is 4.32. The fourth-order valence-corrected chi connectivity index (χ4v) is 3.12. The van der Waals surface area contributed by atoms with Gasteiger partial charge in [0.05, 0.1) is 12.6 Å². The Morgan fingerprint density at radius 1 is 1.21 bits per heavy atom. The Morgan fingerprint density at radius 2 is 2.08 bits per heavy atom. The molecular weight excluding hydrogens is 304 g/mol. The number of likely N-dealkylation sites (tertiary alicyclic amines) is 1. The van der Waals surface area contributed by atoms with E-state index in [4.69, 9.17) is 0 Å². The van der Waals surface area contributed by atoms with Crippen LogP contribution in [-0.2, 0) is 11.3 Å². The summed E-state index contributed by atoms with van der Waals surface area (Å²) >= 11 is 0. The van der Waals surface area contributed by atoms with Gasteiger partial charge in [0.1, 0.15) is 0 Å². The summed E-state index contributed by atoms with van der Waals surface area (Å²) in [7, 11) is 0. The van der Waals surface area contributed by atoms with Crippen molar-refractivity contribution in [3.05, 3.63) is 36.9 Å². The third-order valence-electron chi connectivity index (χ3n) is 4.32. The fourth-order valence-electron chi connectivity index (χ4n) is 3.12. The molecule has 1 aliphatic heterocycles. The summed E-state index contributed by atoms with van der Waals surface area (Å²) in [5.41, 5.74) is 0. The highest BCUT2D eigenvalue weighted by molar-refractivity contribution is 5.76. The van der Waals surface area contributed by atoms with Crippen LogP contribution in [0.2, 0.25) is 0 Å². The summed E-state index contributed by atoms with van der Waals surface area (Å²) < 4.78 is 1.92. The number of carbonyl (C=O) groups excluding carboxylic acids is 1. The topological polar surface area (TPSA) is 75.9 Å². The van der Waals surface area contributed by atoms with Crippen molar-refractivity contribution in [1.82, 2.24) is 24.6 Å². The van der Waals surface area contributed by atoms with E-state index in [2.05, 4.69) is 20.4 Å². The molecule has 1 fully saturated rings. The Morgan fingerprint density at radius 3 is 2.88 bits per heavy atom. The van der Waals surface area contributed by atoms with Gasteiger partial charge in [0.15, 0.2) is 0 Å². The number of hydrogen-bond donors (Lipinski definition) is 1. The number of rotatable bonds is 7. The minimum Gasteiger partial charge on any atom is -0.354 e. The lowest BCUT2D eigenvalue weighted by molar-refractivity contribution is -0.135. The molecule has 2 aromatic heterocycles. The Bertz CT molecular complexity index is 615. The zero-order chi connectivity index (χ0) is 16.6. The highest BCUT2D eigenvalue weighted by Crippen LogP contribution is 2.19. The second kappa shape index (κ2) is 8.42. The molecule has 3 heterocycles. The second-order valence-corrected chi connectivity index (χ2v) is 6.07. The maximum absolute atomic E-state index is 12.6. The van der Waals surface area contributed by atoms with Crippen LogP contribution in [0.25, 0.3) is 0 Å². The smallest absolute Gasteiger partial charge is 0.222 e. The van der Waals surface area contributed by atoms with Crippen LogP contribution in [0.3, 0.4) is 0 Å². The second-order valence-electron chi connectivity index (χ2n) is 6.07. The van der Waals surface area contributed by atoms with Gasteiger partial charge in [-0.25, -0.2) is 9.97 Å². The molecule has 1 saturated heterocycles. The van der Waals surface area contributed by atoms with Gasteiger partial charge in [-0.1, -0.05) is 0 Å². The Balaban J connectivity index is 1.45. The summed E-state index contributed by atoms with van der Waals surface area (Å²) in [6.45, 7) is 2.35. The number of anilines is 1. The van der Waals surface area contributed by atoms with Gasteiger partial charge in [0, 0.05) is 44.3 Å². The number of aromatic nitrogens is 4. The van der Waals surface area contributed by atoms with E-state index < -0.39 is 0 Å². The SMILES string of the molecule is O=C(CCCNc1ncccn1)N1CCCCC1Cn1cccn1. The molecule has 24 heavy (non-hydrogen) atoms. The standard InChI is InChI=1S/C17H24N6O/c24-16(7-3-8-18-17-19-9-4-10-20-17)23-13-2-1-6-15(23)14-22-12-5-11-21-22/h4-5,9-12,15H,1-3,6-8,13-14H2,(H,18,19,20). The number of carbonyl (C=O) groups is 1. The maximum atomic E-state index is 12.6. The van der Waals surface area contributed by atoms with Crippen LogP contribution in [0.5, 0.6) is 0 Å². The van der Waals surface area contributed by atoms with Crippen LogP contribution < -0.4 is 5.32 Å². The van der Waals surface area contributed by atoms with E-state index in [0.29, 0.717) is 18.9 Å². The summed E-state index contributed by atoms with van der Waals surface area (Å²) in [5.74, 6) is 0.849. The zero-order valence-electron chi connectivity index (χ0n) is 13.8. The van der Waals surface area contributed by atoms with E-state index in [-0.39, 0.29) is 11.9 Å². The molecule has 1 amide bonds. The molecule has 1 unspecified atom stereocenters. The van der Waals surface area contributed by atoms with Crippen LogP contribution in [0, 0.1) is 0 Å². The fraction of sp³-hybridized carbons (Fsp3) is 0.529. The molecule has 0 saturated carbocycles. The summed E-state index contributed by atoms with van der Waals surface area (Å²) in [6, 6.07) is 3.97. The van der Waals surface area contributed by atoms with Crippen LogP contribution in [-0.4, -0.2) is 49.7 Å². The van der Waals surface area contributed by atoms with Crippen molar-refractivity contribution in [2.24, 2.45) is 0 Å². The van der Waals surface area contributed by atoms with Gasteiger partial charge >= 0.3 is 0 Å². The lowest BCUT2D eigenvalue weighted by Gasteiger charge is -2.36. The van der Waals surface area contributed by atoms with E-state index in [9.17, 15) is 4.79 Å². The minimum absolute atomic E-state index is 0.239. The van der Waals surface area contributed by atoms with Gasteiger partial charge in [-0.2, -0.15) is 5.10 Å². The van der Waals surface area contributed by atoms with Gasteiger partial charge in [-0.15, -0.1) is 0 Å². The molecule has 1 atom stereocenters. The molecule has 7 nitrogen and oxygen atoms in total. The Hall–Kier alpha value is -2.44. The molecule has 1 N–H and O–H groups in total. The lowest BCUT2D eigenvalue weighted by atomic mass is 10.0. The van der Waals surface area contributed by atoms with Crippen molar-refractivity contribution < 1.29 is 4.79 Å². The van der Waals surface area contributed by atoms with Gasteiger partial charge < -0.3 is 10.2 Å². The van der Waals surface area contributed by atoms with Crippen molar-refractivity contribution >= 4 is 11.9 Å². The number of amides is 1. The molecule has 1 aliphatic rings. The van der Waals surface area contributed by atoms with Crippen LogP contribution in [0.15, 0.2) is 36.9 Å². The number of nitrogens with one attached hydrogen (secondary N) is 1. The van der Waals surface area contributed by atoms with E-state index in [0.717, 1.165) is 32.4 Å². The first-order valence-corrected chi connectivity index (χ1v) is 8.61. The molecule has 0 aliphatic carbocycles. The Kier molecular flexibility index (Phi) is 5.76. The zero-order valence-corrected chi connectivity index (χ0v) is 13.8. The van der Waals surface area contributed by atoms with Gasteiger partial charge in [0.2, 0.25) is 11.9 Å². The summed E-state index contributed by atoms with van der Waals surface area (Å²) in [6.07, 6.45) is 11.8. The first-order valence-electron chi connectivity index (χ1n) is 8.61. The van der Waals surface area contributed by atoms with Crippen molar-refractivity contribution in [1.29, 1.82) is 0 Å². The van der Waals surface area contributed by atoms with E-state index >= 15 is 0 Å². The quantitative estimate of drug-likeness (QED) is 0.786. The minimum atomic E-state index is 0.239. The molecule has 0 spiro atoms. The molecule has 0 bridgehead atoms. The maximum Gasteiger partial charge on any atom is 0.222 e. The number of hydrogen-bond acceptors (Lipinski definition) is 5. The predicted octanol–water partition coefficient (Wildman–Crippen LogP) is 1.95. The van der Waals surface area contributed by atoms with Crippen LogP contribution in [0.1, 0.15) is 32.1 Å². The van der Waals surface area contributed by atoms with Gasteiger partial charge in [-0.05, 0) is 37.8 Å². The molecule has 3 rings (SSSR count). The summed E-state index contributed by atoms with van der Waals surface area (Å²) in [4.78, 5) is 22.9. The first kappa shape index (κ1) is 16.4. The average molecular weight is 328 g/mol. The molecule has 2 aromatic rings. The van der Waals surface area contributed by atoms with Crippen molar-refractivity contribution in [2.75, 3.05) is 18.4 Å². The highest BCUT2D eigenvalue weighted by atomic mass is 16.2.